The second-order valence-corrected chi connectivity index (χ2v) is 8.72. The molecule has 1 aromatic heterocycles. The average molecular weight is 348 g/mol. The molecule has 0 bridgehead atoms. The maximum absolute atomic E-state index is 13.1. The predicted molar refractivity (Wildman–Crippen MR) is 92.4 cm³/mol. The minimum Gasteiger partial charge on any atom is -0.361 e. The van der Waals surface area contributed by atoms with Gasteiger partial charge in [0.25, 0.3) is 0 Å². The maximum atomic E-state index is 13.1. The largest absolute Gasteiger partial charge is 0.361 e. The third-order valence-electron chi connectivity index (χ3n) is 4.75. The molecule has 1 aliphatic heterocycles. The topological polar surface area (TPSA) is 63.4 Å². The van der Waals surface area contributed by atoms with E-state index in [2.05, 4.69) is 5.16 Å². The van der Waals surface area contributed by atoms with Crippen LogP contribution in [-0.4, -0.2) is 24.4 Å². The van der Waals surface area contributed by atoms with Gasteiger partial charge in [0.2, 0.25) is 10.0 Å². The van der Waals surface area contributed by atoms with E-state index in [9.17, 15) is 8.42 Å². The highest BCUT2D eigenvalue weighted by Gasteiger charge is 2.38. The van der Waals surface area contributed by atoms with Crippen LogP contribution in [0.1, 0.15) is 61.2 Å². The van der Waals surface area contributed by atoms with E-state index >= 15 is 0 Å². The quantitative estimate of drug-likeness (QED) is 0.839. The van der Waals surface area contributed by atoms with Crippen LogP contribution in [-0.2, 0) is 10.0 Å². The fourth-order valence-corrected chi connectivity index (χ4v) is 4.82. The lowest BCUT2D eigenvalue weighted by atomic mass is 10.1. The molecule has 0 aliphatic carbocycles. The molecule has 6 heteroatoms. The Bertz CT molecular complexity index is 840. The number of aromatic nitrogens is 1. The van der Waals surface area contributed by atoms with Gasteiger partial charge in [-0.25, -0.2) is 8.42 Å². The molecule has 5 nitrogen and oxygen atoms in total. The van der Waals surface area contributed by atoms with E-state index in [1.54, 1.807) is 16.4 Å². The summed E-state index contributed by atoms with van der Waals surface area (Å²) < 4.78 is 33.1. The third kappa shape index (κ3) is 3.00. The van der Waals surface area contributed by atoms with Crippen LogP contribution in [0.4, 0.5) is 0 Å². The van der Waals surface area contributed by atoms with E-state index < -0.39 is 10.0 Å². The van der Waals surface area contributed by atoms with Crippen molar-refractivity contribution >= 4 is 10.0 Å². The third-order valence-corrected chi connectivity index (χ3v) is 6.65. The lowest BCUT2D eigenvalue weighted by Gasteiger charge is -2.22. The Labute approximate surface area is 143 Å². The van der Waals surface area contributed by atoms with Crippen LogP contribution in [0.25, 0.3) is 0 Å². The fourth-order valence-electron chi connectivity index (χ4n) is 3.07. The van der Waals surface area contributed by atoms with Crippen molar-refractivity contribution in [2.24, 2.45) is 0 Å². The van der Waals surface area contributed by atoms with E-state index in [0.717, 1.165) is 29.7 Å². The van der Waals surface area contributed by atoms with Crippen molar-refractivity contribution in [2.75, 3.05) is 6.54 Å². The first-order valence-electron chi connectivity index (χ1n) is 8.36. The van der Waals surface area contributed by atoms with E-state index in [1.165, 1.54) is 0 Å². The van der Waals surface area contributed by atoms with Gasteiger partial charge in [0.05, 0.1) is 10.9 Å². The predicted octanol–water partition coefficient (Wildman–Crippen LogP) is 3.94. The molecule has 0 radical (unpaired) electrons. The second kappa shape index (κ2) is 6.33. The number of hydrogen-bond acceptors (Lipinski definition) is 4. The fraction of sp³-hybridized carbons (Fsp3) is 0.500. The smallest absolute Gasteiger partial charge is 0.243 e. The van der Waals surface area contributed by atoms with Crippen LogP contribution in [0.15, 0.2) is 33.7 Å². The van der Waals surface area contributed by atoms with Crippen molar-refractivity contribution in [2.45, 2.75) is 57.4 Å². The van der Waals surface area contributed by atoms with Gasteiger partial charge in [0, 0.05) is 18.5 Å². The summed E-state index contributed by atoms with van der Waals surface area (Å²) in [5.74, 6) is 1.03. The molecule has 0 N–H and O–H groups in total. The van der Waals surface area contributed by atoms with Gasteiger partial charge in [-0.3, -0.25) is 0 Å². The highest BCUT2D eigenvalue weighted by atomic mass is 32.2. The van der Waals surface area contributed by atoms with E-state index in [-0.39, 0.29) is 12.0 Å². The molecule has 1 saturated heterocycles. The minimum atomic E-state index is -3.53. The number of hydrogen-bond donors (Lipinski definition) is 0. The van der Waals surface area contributed by atoms with Gasteiger partial charge in [-0.15, -0.1) is 0 Å². The van der Waals surface area contributed by atoms with Crippen molar-refractivity contribution in [3.63, 3.8) is 0 Å². The molecule has 2 aromatic rings. The Kier molecular flexibility index (Phi) is 4.53. The molecule has 24 heavy (non-hydrogen) atoms. The van der Waals surface area contributed by atoms with Gasteiger partial charge < -0.3 is 4.52 Å². The van der Waals surface area contributed by atoms with Crippen LogP contribution in [0.2, 0.25) is 0 Å². The lowest BCUT2D eigenvalue weighted by Crippen LogP contribution is -2.31. The van der Waals surface area contributed by atoms with Crippen LogP contribution in [0.3, 0.4) is 0 Å². The molecule has 3 rings (SSSR count). The van der Waals surface area contributed by atoms with Crippen molar-refractivity contribution in [1.29, 1.82) is 0 Å². The molecule has 0 amide bonds. The summed E-state index contributed by atoms with van der Waals surface area (Å²) >= 11 is 0. The first-order chi connectivity index (χ1) is 11.3. The molecule has 0 unspecified atom stereocenters. The summed E-state index contributed by atoms with van der Waals surface area (Å²) in [5.41, 5.74) is 2.78. The second-order valence-electron chi connectivity index (χ2n) is 6.83. The van der Waals surface area contributed by atoms with Crippen molar-refractivity contribution in [3.05, 3.63) is 46.8 Å². The van der Waals surface area contributed by atoms with E-state index in [0.29, 0.717) is 17.1 Å². The Balaban J connectivity index is 1.95. The zero-order chi connectivity index (χ0) is 17.5. The summed E-state index contributed by atoms with van der Waals surface area (Å²) in [4.78, 5) is 0.352. The molecule has 1 aromatic carbocycles. The number of sulfonamides is 1. The molecule has 130 valence electrons. The molecule has 1 aliphatic rings. The molecule has 1 fully saturated rings. The van der Waals surface area contributed by atoms with Gasteiger partial charge in [-0.2, -0.15) is 4.31 Å². The minimum absolute atomic E-state index is 0.234. The SMILES string of the molecule is Cc1ccc(S(=O)(=O)N2CCC[C@@H]2c2cc(C(C)C)on2)cc1C. The summed E-state index contributed by atoms with van der Waals surface area (Å²) in [7, 11) is -3.53. The lowest BCUT2D eigenvalue weighted by molar-refractivity contribution is 0.338. The number of aryl methyl sites for hydroxylation is 2. The molecule has 0 saturated carbocycles. The molecular formula is C18H24N2O3S. The summed E-state index contributed by atoms with van der Waals surface area (Å²) in [6.07, 6.45) is 1.60. The monoisotopic (exact) mass is 348 g/mol. The Morgan fingerprint density at radius 1 is 1.21 bits per heavy atom. The van der Waals surface area contributed by atoms with E-state index in [4.69, 9.17) is 4.52 Å². The average Bonchev–Trinajstić information content (AvgIpc) is 3.17. The van der Waals surface area contributed by atoms with Crippen LogP contribution in [0, 0.1) is 13.8 Å². The Morgan fingerprint density at radius 2 is 1.96 bits per heavy atom. The van der Waals surface area contributed by atoms with Crippen LogP contribution < -0.4 is 0 Å². The van der Waals surface area contributed by atoms with Crippen molar-refractivity contribution < 1.29 is 12.9 Å². The first kappa shape index (κ1) is 17.2. The molecule has 2 heterocycles. The van der Waals surface area contributed by atoms with Crippen LogP contribution in [0.5, 0.6) is 0 Å². The molecule has 0 spiro atoms. The van der Waals surface area contributed by atoms with Gasteiger partial charge >= 0.3 is 0 Å². The highest BCUT2D eigenvalue weighted by molar-refractivity contribution is 7.89. The van der Waals surface area contributed by atoms with Gasteiger partial charge in [0.15, 0.2) is 0 Å². The first-order valence-corrected chi connectivity index (χ1v) is 9.80. The molecule has 1 atom stereocenters. The molecular weight excluding hydrogens is 324 g/mol. The summed E-state index contributed by atoms with van der Waals surface area (Å²) in [6, 6.07) is 6.95. The zero-order valence-corrected chi connectivity index (χ0v) is 15.4. The summed E-state index contributed by atoms with van der Waals surface area (Å²) in [6.45, 7) is 8.49. The number of nitrogens with zero attached hydrogens (tertiary/aromatic N) is 2. The Morgan fingerprint density at radius 3 is 2.58 bits per heavy atom. The standard InChI is InChI=1S/C18H24N2O3S/c1-12(2)18-11-16(19-23-18)17-6-5-9-20(17)24(21,22)15-8-7-13(3)14(4)10-15/h7-8,10-12,17H,5-6,9H2,1-4H3/t17-/m1/s1. The van der Waals surface area contributed by atoms with Gasteiger partial charge in [-0.05, 0) is 49.9 Å². The van der Waals surface area contributed by atoms with Crippen molar-refractivity contribution in [3.8, 4) is 0 Å². The number of benzene rings is 1. The van der Waals surface area contributed by atoms with Crippen LogP contribution >= 0.6 is 0 Å². The maximum Gasteiger partial charge on any atom is 0.243 e. The number of rotatable bonds is 4. The zero-order valence-electron chi connectivity index (χ0n) is 14.6. The van der Waals surface area contributed by atoms with Crippen molar-refractivity contribution in [1.82, 2.24) is 9.46 Å². The van der Waals surface area contributed by atoms with E-state index in [1.807, 2.05) is 39.8 Å². The highest BCUT2D eigenvalue weighted by Crippen LogP contribution is 2.37. The van der Waals surface area contributed by atoms with Gasteiger partial charge in [0.1, 0.15) is 11.5 Å². The normalized spacial score (nSPS) is 19.3. The summed E-state index contributed by atoms with van der Waals surface area (Å²) in [5, 5.41) is 4.13. The Hall–Kier alpha value is -1.66. The van der Waals surface area contributed by atoms with Gasteiger partial charge in [-0.1, -0.05) is 25.1 Å².